The Bertz CT molecular complexity index is 1180. The van der Waals surface area contributed by atoms with Crippen LogP contribution in [0.2, 0.25) is 0 Å². The number of rotatable bonds is 2. The highest BCUT2D eigenvalue weighted by Gasteiger charge is 2.27. The molecule has 0 amide bonds. The molecule has 2 aromatic heterocycles. The highest BCUT2D eigenvalue weighted by atomic mass is 32.1. The minimum absolute atomic E-state index is 0.0755. The molecular weight excluding hydrogens is 360 g/mol. The van der Waals surface area contributed by atoms with Crippen LogP contribution >= 0.6 is 11.3 Å². The van der Waals surface area contributed by atoms with Gasteiger partial charge in [0.05, 0.1) is 10.9 Å². The van der Waals surface area contributed by atoms with E-state index in [1.54, 1.807) is 11.3 Å². The summed E-state index contributed by atoms with van der Waals surface area (Å²) >= 11 is 1.80. The first-order chi connectivity index (χ1) is 13.3. The van der Waals surface area contributed by atoms with Gasteiger partial charge in [-0.3, -0.25) is 0 Å². The Morgan fingerprint density at radius 2 is 1.68 bits per heavy atom. The molecule has 0 spiro atoms. The van der Waals surface area contributed by atoms with Crippen molar-refractivity contribution in [3.8, 4) is 16.3 Å². The van der Waals surface area contributed by atoms with Crippen LogP contribution in [0.4, 0.5) is 0 Å². The van der Waals surface area contributed by atoms with Crippen molar-refractivity contribution in [2.75, 3.05) is 0 Å². The molecule has 142 valence electrons. The smallest absolute Gasteiger partial charge is 0.191 e. The van der Waals surface area contributed by atoms with Crippen molar-refractivity contribution in [3.63, 3.8) is 0 Å². The number of hydrogen-bond donors (Lipinski definition) is 0. The molecule has 2 heterocycles. The monoisotopic (exact) mass is 388 g/mol. The van der Waals surface area contributed by atoms with Crippen LogP contribution in [0, 0.1) is 13.8 Å². The standard InChI is InChI=1S/C25H28N2S/c1-17-11-12-19-9-7-8-10-22(19)27(17)23-16-20(25(3,4)5)15-21(18(23)2)24-26(6)13-14-28-24/h7-16H,1-6H3/q+2. The van der Waals surface area contributed by atoms with Gasteiger partial charge < -0.3 is 0 Å². The lowest BCUT2D eigenvalue weighted by Gasteiger charge is -2.21. The van der Waals surface area contributed by atoms with Crippen LogP contribution in [0.5, 0.6) is 0 Å². The van der Waals surface area contributed by atoms with Crippen LogP contribution in [0.15, 0.2) is 60.1 Å². The van der Waals surface area contributed by atoms with E-state index in [2.05, 4.69) is 111 Å². The maximum Gasteiger partial charge on any atom is 0.269 e. The first-order valence-electron chi connectivity index (χ1n) is 9.77. The fourth-order valence-corrected chi connectivity index (χ4v) is 4.74. The Morgan fingerprint density at radius 3 is 2.36 bits per heavy atom. The summed E-state index contributed by atoms with van der Waals surface area (Å²) in [5, 5.41) is 4.72. The molecule has 4 aromatic rings. The first-order valence-corrected chi connectivity index (χ1v) is 10.6. The molecule has 28 heavy (non-hydrogen) atoms. The summed E-state index contributed by atoms with van der Waals surface area (Å²) in [7, 11) is 2.13. The lowest BCUT2D eigenvalue weighted by atomic mass is 9.84. The summed E-state index contributed by atoms with van der Waals surface area (Å²) in [5.41, 5.74) is 7.83. The molecule has 2 nitrogen and oxygen atoms in total. The molecule has 0 bridgehead atoms. The topological polar surface area (TPSA) is 7.76 Å². The second-order valence-corrected chi connectivity index (χ2v) is 9.50. The van der Waals surface area contributed by atoms with Crippen molar-refractivity contribution in [3.05, 3.63) is 76.9 Å². The van der Waals surface area contributed by atoms with Crippen molar-refractivity contribution < 1.29 is 9.13 Å². The second-order valence-electron chi connectivity index (χ2n) is 8.61. The number of hydrogen-bond acceptors (Lipinski definition) is 1. The third-order valence-corrected chi connectivity index (χ3v) is 6.53. The number of aromatic nitrogens is 2. The Hall–Kier alpha value is -2.52. The molecule has 0 aliphatic rings. The summed E-state index contributed by atoms with van der Waals surface area (Å²) in [6.07, 6.45) is 2.14. The van der Waals surface area contributed by atoms with Crippen LogP contribution in [0.25, 0.3) is 27.2 Å². The fourth-order valence-electron chi connectivity index (χ4n) is 3.80. The van der Waals surface area contributed by atoms with Gasteiger partial charge in [0.25, 0.3) is 5.01 Å². The van der Waals surface area contributed by atoms with Crippen LogP contribution in [0.1, 0.15) is 37.6 Å². The molecule has 2 aromatic carbocycles. The second kappa shape index (κ2) is 6.82. The van der Waals surface area contributed by atoms with Crippen molar-refractivity contribution in [2.45, 2.75) is 40.0 Å². The van der Waals surface area contributed by atoms with Crippen molar-refractivity contribution in [1.29, 1.82) is 0 Å². The van der Waals surface area contributed by atoms with Gasteiger partial charge >= 0.3 is 0 Å². The quantitative estimate of drug-likeness (QED) is 0.396. The van der Waals surface area contributed by atoms with Gasteiger partial charge in [0.2, 0.25) is 11.2 Å². The predicted molar refractivity (Wildman–Crippen MR) is 118 cm³/mol. The number of aryl methyl sites for hydroxylation is 2. The van der Waals surface area contributed by atoms with Crippen LogP contribution in [-0.4, -0.2) is 0 Å². The number of nitrogens with zero attached hydrogens (tertiary/aromatic N) is 2. The van der Waals surface area contributed by atoms with E-state index in [0.717, 1.165) is 0 Å². The highest BCUT2D eigenvalue weighted by Crippen LogP contribution is 2.33. The molecule has 4 rings (SSSR count). The molecule has 0 aliphatic heterocycles. The van der Waals surface area contributed by atoms with Crippen LogP contribution < -0.4 is 9.13 Å². The average molecular weight is 389 g/mol. The Kier molecular flexibility index (Phi) is 4.59. The van der Waals surface area contributed by atoms with Crippen LogP contribution in [-0.2, 0) is 12.5 Å². The van der Waals surface area contributed by atoms with Gasteiger partial charge in [-0.15, -0.1) is 0 Å². The molecule has 0 atom stereocenters. The zero-order chi connectivity index (χ0) is 20.1. The van der Waals surface area contributed by atoms with E-state index in [-0.39, 0.29) is 5.41 Å². The van der Waals surface area contributed by atoms with Gasteiger partial charge in [-0.2, -0.15) is 9.13 Å². The van der Waals surface area contributed by atoms with Crippen LogP contribution in [0.3, 0.4) is 0 Å². The van der Waals surface area contributed by atoms with E-state index in [1.807, 2.05) is 0 Å². The molecule has 0 saturated heterocycles. The summed E-state index contributed by atoms with van der Waals surface area (Å²) in [6.45, 7) is 11.3. The molecule has 0 unspecified atom stereocenters. The average Bonchev–Trinajstić information content (AvgIpc) is 3.07. The number of thiazole rings is 1. The van der Waals surface area contributed by atoms with E-state index in [9.17, 15) is 0 Å². The van der Waals surface area contributed by atoms with E-state index in [1.165, 1.54) is 44.0 Å². The van der Waals surface area contributed by atoms with E-state index < -0.39 is 0 Å². The number of para-hydroxylation sites is 1. The van der Waals surface area contributed by atoms with Gasteiger partial charge in [0.15, 0.2) is 11.9 Å². The van der Waals surface area contributed by atoms with Crippen molar-refractivity contribution in [2.24, 2.45) is 7.05 Å². The van der Waals surface area contributed by atoms with E-state index in [0.29, 0.717) is 0 Å². The normalized spacial score (nSPS) is 11.9. The zero-order valence-corrected chi connectivity index (χ0v) is 18.4. The third kappa shape index (κ3) is 3.14. The maximum absolute atomic E-state index is 2.41. The van der Waals surface area contributed by atoms with Gasteiger partial charge in [-0.25, -0.2) is 0 Å². The summed E-state index contributed by atoms with van der Waals surface area (Å²) in [6, 6.07) is 17.8. The van der Waals surface area contributed by atoms with Gasteiger partial charge in [-0.05, 0) is 36.1 Å². The van der Waals surface area contributed by atoms with Gasteiger partial charge in [-0.1, -0.05) is 44.2 Å². The largest absolute Gasteiger partial charge is 0.269 e. The highest BCUT2D eigenvalue weighted by molar-refractivity contribution is 7.12. The van der Waals surface area contributed by atoms with Crippen molar-refractivity contribution >= 4 is 22.2 Å². The molecule has 3 heteroatoms. The fraction of sp³-hybridized carbons (Fsp3) is 0.280. The minimum Gasteiger partial charge on any atom is -0.191 e. The van der Waals surface area contributed by atoms with Gasteiger partial charge in [0.1, 0.15) is 7.05 Å². The third-order valence-electron chi connectivity index (χ3n) is 5.54. The summed E-state index contributed by atoms with van der Waals surface area (Å²) < 4.78 is 4.64. The first kappa shape index (κ1) is 18.8. The Balaban J connectivity index is 2.11. The molecule has 0 aliphatic carbocycles. The SMILES string of the molecule is Cc1c(-c2scc[n+]2C)cc(C(C)(C)C)cc1-[n+]1c(C)ccc2ccccc21. The number of benzene rings is 2. The maximum atomic E-state index is 2.41. The Labute approximate surface area is 171 Å². The number of pyridine rings is 1. The predicted octanol–water partition coefficient (Wildman–Crippen LogP) is 5.58. The lowest BCUT2D eigenvalue weighted by Crippen LogP contribution is -2.37. The number of fused-ring (bicyclic) bond motifs is 1. The molecular formula is C25H28N2S+2. The van der Waals surface area contributed by atoms with E-state index in [4.69, 9.17) is 0 Å². The van der Waals surface area contributed by atoms with Gasteiger partial charge in [0, 0.05) is 36.1 Å². The lowest BCUT2D eigenvalue weighted by molar-refractivity contribution is -0.656. The Morgan fingerprint density at radius 1 is 0.929 bits per heavy atom. The molecule has 0 saturated carbocycles. The zero-order valence-electron chi connectivity index (χ0n) is 17.6. The summed E-state index contributed by atoms with van der Waals surface area (Å²) in [5.74, 6) is 0. The molecule has 0 N–H and O–H groups in total. The summed E-state index contributed by atoms with van der Waals surface area (Å²) in [4.78, 5) is 0. The molecule has 0 fully saturated rings. The molecule has 0 radical (unpaired) electrons. The van der Waals surface area contributed by atoms with E-state index >= 15 is 0 Å². The minimum atomic E-state index is 0.0755. The van der Waals surface area contributed by atoms with Crippen molar-refractivity contribution in [1.82, 2.24) is 0 Å².